The van der Waals surface area contributed by atoms with E-state index in [1.807, 2.05) is 43.3 Å². The number of Topliss-reactive ketones (excluding diaryl/α,β-unsaturated/α-hetero) is 1. The zero-order chi connectivity index (χ0) is 17.3. The van der Waals surface area contributed by atoms with Gasteiger partial charge >= 0.3 is 0 Å². The first-order valence-electron chi connectivity index (χ1n) is 7.56. The quantitative estimate of drug-likeness (QED) is 0.692. The van der Waals surface area contributed by atoms with Crippen LogP contribution in [-0.4, -0.2) is 30.8 Å². The van der Waals surface area contributed by atoms with E-state index in [0.717, 1.165) is 11.3 Å². The van der Waals surface area contributed by atoms with E-state index in [1.54, 1.807) is 30.3 Å². The Balaban J connectivity index is 1.83. The number of nitrogens with zero attached hydrogens (tertiary/aromatic N) is 1. The molecule has 0 heterocycles. The van der Waals surface area contributed by atoms with Crippen LogP contribution in [0.1, 0.15) is 21.5 Å². The van der Waals surface area contributed by atoms with Crippen LogP contribution in [0.25, 0.3) is 11.8 Å². The molecule has 0 radical (unpaired) electrons. The normalized spacial score (nSPS) is 13.5. The van der Waals surface area contributed by atoms with Gasteiger partial charge in [0.25, 0.3) is 0 Å². The summed E-state index contributed by atoms with van der Waals surface area (Å²) in [6, 6.07) is 14.3. The molecule has 1 aliphatic carbocycles. The standard InChI is InChI=1S/C20H17NO3/c1-21(2)14-10-7-13(8-11-14)9-12-17(22)18-19(23)15-5-3-4-6-16(15)20(18)24/h3-12,23H,1-2H3/b12-9+. The fourth-order valence-corrected chi connectivity index (χ4v) is 2.63. The van der Waals surface area contributed by atoms with Crippen molar-refractivity contribution in [2.45, 2.75) is 0 Å². The highest BCUT2D eigenvalue weighted by Gasteiger charge is 2.32. The van der Waals surface area contributed by atoms with E-state index >= 15 is 0 Å². The van der Waals surface area contributed by atoms with Gasteiger partial charge in [0.05, 0.1) is 0 Å². The lowest BCUT2D eigenvalue weighted by Gasteiger charge is -2.11. The molecule has 0 atom stereocenters. The maximum absolute atomic E-state index is 12.3. The average molecular weight is 319 g/mol. The number of fused-ring (bicyclic) bond motifs is 1. The first-order chi connectivity index (χ1) is 11.5. The minimum atomic E-state index is -0.495. The summed E-state index contributed by atoms with van der Waals surface area (Å²) in [6.45, 7) is 0. The number of carbonyl (C=O) groups is 2. The maximum Gasteiger partial charge on any atom is 0.201 e. The molecule has 2 aromatic rings. The number of carbonyl (C=O) groups excluding carboxylic acids is 2. The number of hydrogen-bond acceptors (Lipinski definition) is 4. The van der Waals surface area contributed by atoms with Gasteiger partial charge in [-0.15, -0.1) is 0 Å². The summed E-state index contributed by atoms with van der Waals surface area (Å²) in [5.41, 5.74) is 2.51. The molecule has 0 aromatic heterocycles. The third-order valence-corrected chi connectivity index (χ3v) is 3.97. The molecule has 0 spiro atoms. The van der Waals surface area contributed by atoms with Gasteiger partial charge in [-0.1, -0.05) is 42.5 Å². The van der Waals surface area contributed by atoms with Crippen molar-refractivity contribution in [1.29, 1.82) is 0 Å². The molecule has 3 rings (SSSR count). The minimum absolute atomic E-state index is 0.169. The van der Waals surface area contributed by atoms with Gasteiger partial charge in [-0.3, -0.25) is 9.59 Å². The number of ketones is 2. The SMILES string of the molecule is CN(C)c1ccc(/C=C/C(=O)C2=C(O)c3ccccc3C2=O)cc1. The van der Waals surface area contributed by atoms with E-state index in [4.69, 9.17) is 0 Å². The number of aliphatic hydroxyl groups is 1. The van der Waals surface area contributed by atoms with Crippen molar-refractivity contribution in [3.63, 3.8) is 0 Å². The Morgan fingerprint density at radius 1 is 1.00 bits per heavy atom. The van der Waals surface area contributed by atoms with Crippen molar-refractivity contribution in [1.82, 2.24) is 0 Å². The predicted octanol–water partition coefficient (Wildman–Crippen LogP) is 3.50. The second kappa shape index (κ2) is 6.16. The molecular formula is C20H17NO3. The third kappa shape index (κ3) is 2.74. The predicted molar refractivity (Wildman–Crippen MR) is 95.1 cm³/mol. The van der Waals surface area contributed by atoms with Crippen LogP contribution in [0.2, 0.25) is 0 Å². The summed E-state index contributed by atoms with van der Waals surface area (Å²) >= 11 is 0. The largest absolute Gasteiger partial charge is 0.506 e. The van der Waals surface area contributed by atoms with Gasteiger partial charge in [0.2, 0.25) is 5.78 Å². The van der Waals surface area contributed by atoms with Crippen LogP contribution in [0.15, 0.2) is 60.2 Å². The van der Waals surface area contributed by atoms with Crippen molar-refractivity contribution in [2.75, 3.05) is 19.0 Å². The first kappa shape index (κ1) is 15.7. The van der Waals surface area contributed by atoms with Crippen molar-refractivity contribution >= 4 is 29.1 Å². The van der Waals surface area contributed by atoms with Gasteiger partial charge in [-0.25, -0.2) is 0 Å². The second-order valence-corrected chi connectivity index (χ2v) is 5.78. The fraction of sp³-hybridized carbons (Fsp3) is 0.100. The molecule has 0 bridgehead atoms. The highest BCUT2D eigenvalue weighted by molar-refractivity contribution is 6.36. The third-order valence-electron chi connectivity index (χ3n) is 3.97. The second-order valence-electron chi connectivity index (χ2n) is 5.78. The van der Waals surface area contributed by atoms with Gasteiger partial charge in [-0.2, -0.15) is 0 Å². The van der Waals surface area contributed by atoms with Gasteiger partial charge < -0.3 is 10.0 Å². The minimum Gasteiger partial charge on any atom is -0.506 e. The van der Waals surface area contributed by atoms with Gasteiger partial charge in [0.1, 0.15) is 11.3 Å². The van der Waals surface area contributed by atoms with Crippen LogP contribution < -0.4 is 4.90 Å². The number of rotatable bonds is 4. The Labute approximate surface area is 140 Å². The summed E-state index contributed by atoms with van der Waals surface area (Å²) in [6.07, 6.45) is 2.96. The summed E-state index contributed by atoms with van der Waals surface area (Å²) in [5.74, 6) is -1.17. The van der Waals surface area contributed by atoms with Gasteiger partial charge in [0, 0.05) is 30.9 Å². The molecule has 0 amide bonds. The zero-order valence-electron chi connectivity index (χ0n) is 13.5. The van der Waals surface area contributed by atoms with Gasteiger partial charge in [0.15, 0.2) is 5.78 Å². The van der Waals surface area contributed by atoms with E-state index in [2.05, 4.69) is 0 Å². The summed E-state index contributed by atoms with van der Waals surface area (Å²) in [7, 11) is 3.90. The van der Waals surface area contributed by atoms with Crippen LogP contribution in [0.5, 0.6) is 0 Å². The number of hydrogen-bond donors (Lipinski definition) is 1. The van der Waals surface area contributed by atoms with Crippen LogP contribution in [0.4, 0.5) is 5.69 Å². The molecule has 0 saturated heterocycles. The molecule has 1 N–H and O–H groups in total. The Bertz CT molecular complexity index is 874. The maximum atomic E-state index is 12.3. The molecule has 0 fully saturated rings. The smallest absolute Gasteiger partial charge is 0.201 e. The highest BCUT2D eigenvalue weighted by atomic mass is 16.3. The lowest BCUT2D eigenvalue weighted by atomic mass is 10.0. The highest BCUT2D eigenvalue weighted by Crippen LogP contribution is 2.31. The molecule has 120 valence electrons. The van der Waals surface area contributed by atoms with Crippen LogP contribution in [0.3, 0.4) is 0 Å². The topological polar surface area (TPSA) is 57.6 Å². The Morgan fingerprint density at radius 2 is 1.62 bits per heavy atom. The van der Waals surface area contributed by atoms with Crippen molar-refractivity contribution < 1.29 is 14.7 Å². The monoisotopic (exact) mass is 319 g/mol. The first-order valence-corrected chi connectivity index (χ1v) is 7.56. The fourth-order valence-electron chi connectivity index (χ4n) is 2.63. The van der Waals surface area contributed by atoms with E-state index in [9.17, 15) is 14.7 Å². The molecular weight excluding hydrogens is 302 g/mol. The Kier molecular flexibility index (Phi) is 4.04. The van der Waals surface area contributed by atoms with Crippen LogP contribution >= 0.6 is 0 Å². The van der Waals surface area contributed by atoms with E-state index in [1.165, 1.54) is 6.08 Å². The molecule has 1 aliphatic rings. The molecule has 24 heavy (non-hydrogen) atoms. The van der Waals surface area contributed by atoms with Crippen LogP contribution in [-0.2, 0) is 4.79 Å². The van der Waals surface area contributed by atoms with Gasteiger partial charge in [-0.05, 0) is 23.8 Å². The number of anilines is 1. The summed E-state index contributed by atoms with van der Waals surface area (Å²) in [5, 5.41) is 10.2. The van der Waals surface area contributed by atoms with Crippen molar-refractivity contribution in [2.24, 2.45) is 0 Å². The molecule has 0 unspecified atom stereocenters. The molecule has 0 aliphatic heterocycles. The summed E-state index contributed by atoms with van der Waals surface area (Å²) in [4.78, 5) is 26.6. The van der Waals surface area contributed by atoms with Crippen molar-refractivity contribution in [3.8, 4) is 0 Å². The molecule has 2 aromatic carbocycles. The van der Waals surface area contributed by atoms with E-state index in [0.29, 0.717) is 11.1 Å². The lowest BCUT2D eigenvalue weighted by molar-refractivity contribution is -0.110. The van der Waals surface area contributed by atoms with Crippen molar-refractivity contribution in [3.05, 3.63) is 76.9 Å². The van der Waals surface area contributed by atoms with E-state index < -0.39 is 11.6 Å². The van der Waals surface area contributed by atoms with E-state index in [-0.39, 0.29) is 11.3 Å². The summed E-state index contributed by atoms with van der Waals surface area (Å²) < 4.78 is 0. The lowest BCUT2D eigenvalue weighted by Crippen LogP contribution is -2.08. The zero-order valence-corrected chi connectivity index (χ0v) is 13.5. The number of aliphatic hydroxyl groups excluding tert-OH is 1. The van der Waals surface area contributed by atoms with Crippen LogP contribution in [0, 0.1) is 0 Å². The molecule has 4 heteroatoms. The average Bonchev–Trinajstić information content (AvgIpc) is 2.85. The Hall–Kier alpha value is -3.14. The number of benzene rings is 2. The Morgan fingerprint density at radius 3 is 2.21 bits per heavy atom. The molecule has 0 saturated carbocycles. The molecule has 4 nitrogen and oxygen atoms in total. The number of allylic oxidation sites excluding steroid dienone is 2.